The minimum absolute atomic E-state index is 0.0120. The van der Waals surface area contributed by atoms with Crippen LogP contribution in [-0.4, -0.2) is 44.3 Å². The van der Waals surface area contributed by atoms with E-state index in [1.54, 1.807) is 50.1 Å². The molecule has 0 spiro atoms. The molecule has 150 valence electrons. The number of nitrogens with one attached hydrogen (secondary N) is 1. The molecule has 2 heterocycles. The maximum absolute atomic E-state index is 12.9. The van der Waals surface area contributed by atoms with Crippen LogP contribution in [0, 0.1) is 0 Å². The number of aromatic nitrogens is 1. The molecular weight excluding hydrogens is 374 g/mol. The number of methoxy groups -OCH3 is 2. The summed E-state index contributed by atoms with van der Waals surface area (Å²) in [6.45, 7) is 0.0120. The van der Waals surface area contributed by atoms with E-state index in [-0.39, 0.29) is 18.4 Å². The molecule has 29 heavy (non-hydrogen) atoms. The summed E-state index contributed by atoms with van der Waals surface area (Å²) in [5.41, 5.74) is 2.51. The third-order valence-electron chi connectivity index (χ3n) is 5.08. The third kappa shape index (κ3) is 3.12. The molecule has 1 aromatic heterocycles. The van der Waals surface area contributed by atoms with Gasteiger partial charge in [-0.25, -0.2) is 0 Å². The number of likely N-dealkylation sites (N-methyl/N-ethyl adjacent to an activating group) is 1. The van der Waals surface area contributed by atoms with Crippen LogP contribution >= 0.6 is 0 Å². The highest BCUT2D eigenvalue weighted by molar-refractivity contribution is 6.07. The van der Waals surface area contributed by atoms with Gasteiger partial charge < -0.3 is 29.0 Å². The normalized spacial score (nSPS) is 13.1. The Balaban J connectivity index is 1.66. The Morgan fingerprint density at radius 1 is 1.07 bits per heavy atom. The van der Waals surface area contributed by atoms with Crippen molar-refractivity contribution in [2.45, 2.75) is 0 Å². The van der Waals surface area contributed by atoms with Crippen LogP contribution in [0.25, 0.3) is 10.9 Å². The largest absolute Gasteiger partial charge is 0.493 e. The van der Waals surface area contributed by atoms with Crippen molar-refractivity contribution in [3.63, 3.8) is 0 Å². The zero-order valence-corrected chi connectivity index (χ0v) is 16.6. The number of carbonyl (C=O) groups excluding carboxylic acids is 2. The van der Waals surface area contributed by atoms with E-state index < -0.39 is 0 Å². The van der Waals surface area contributed by atoms with E-state index in [2.05, 4.69) is 5.32 Å². The number of rotatable bonds is 4. The minimum Gasteiger partial charge on any atom is -0.493 e. The zero-order chi connectivity index (χ0) is 20.7. The summed E-state index contributed by atoms with van der Waals surface area (Å²) in [6.07, 6.45) is 0. The molecule has 0 aliphatic carbocycles. The quantitative estimate of drug-likeness (QED) is 0.735. The molecule has 1 aliphatic heterocycles. The van der Waals surface area contributed by atoms with Gasteiger partial charge in [0.2, 0.25) is 0 Å². The fraction of sp³-hybridized carbons (Fsp3) is 0.238. The fourth-order valence-corrected chi connectivity index (χ4v) is 3.43. The van der Waals surface area contributed by atoms with Crippen LogP contribution in [0.4, 0.5) is 11.4 Å². The molecule has 0 saturated heterocycles. The molecule has 8 heteroatoms. The molecule has 3 aromatic rings. The summed E-state index contributed by atoms with van der Waals surface area (Å²) in [6, 6.07) is 10.7. The Hall–Kier alpha value is -3.68. The van der Waals surface area contributed by atoms with E-state index in [1.807, 2.05) is 19.2 Å². The molecule has 8 nitrogen and oxygen atoms in total. The van der Waals surface area contributed by atoms with Gasteiger partial charge in [0.1, 0.15) is 11.4 Å². The molecule has 2 amide bonds. The van der Waals surface area contributed by atoms with Gasteiger partial charge in [0.25, 0.3) is 11.8 Å². The first-order valence-electron chi connectivity index (χ1n) is 8.99. The van der Waals surface area contributed by atoms with Crippen LogP contribution in [0.3, 0.4) is 0 Å². The average molecular weight is 395 g/mol. The van der Waals surface area contributed by atoms with Gasteiger partial charge in [-0.1, -0.05) is 0 Å². The topological polar surface area (TPSA) is 82.0 Å². The van der Waals surface area contributed by atoms with Crippen LogP contribution < -0.4 is 24.4 Å². The number of anilines is 2. The summed E-state index contributed by atoms with van der Waals surface area (Å²) in [4.78, 5) is 26.3. The highest BCUT2D eigenvalue weighted by atomic mass is 16.5. The fourth-order valence-electron chi connectivity index (χ4n) is 3.43. The summed E-state index contributed by atoms with van der Waals surface area (Å²) in [5, 5.41) is 3.75. The van der Waals surface area contributed by atoms with Gasteiger partial charge in [-0.3, -0.25) is 9.59 Å². The molecule has 0 radical (unpaired) electrons. The average Bonchev–Trinajstić information content (AvgIpc) is 3.05. The molecule has 2 aromatic carbocycles. The summed E-state index contributed by atoms with van der Waals surface area (Å²) in [5.74, 6) is 1.38. The van der Waals surface area contributed by atoms with Gasteiger partial charge in [0.05, 0.1) is 25.4 Å². The van der Waals surface area contributed by atoms with Crippen molar-refractivity contribution >= 4 is 34.1 Å². The first-order chi connectivity index (χ1) is 13.9. The molecule has 0 unspecified atom stereocenters. The molecule has 1 N–H and O–H groups in total. The van der Waals surface area contributed by atoms with Crippen molar-refractivity contribution in [3.05, 3.63) is 42.1 Å². The lowest BCUT2D eigenvalue weighted by atomic mass is 10.2. The maximum atomic E-state index is 12.9. The van der Waals surface area contributed by atoms with Crippen molar-refractivity contribution in [1.82, 2.24) is 4.57 Å². The third-order valence-corrected chi connectivity index (χ3v) is 5.08. The van der Waals surface area contributed by atoms with Crippen LogP contribution in [0.15, 0.2) is 36.4 Å². The van der Waals surface area contributed by atoms with Crippen LogP contribution in [0.2, 0.25) is 0 Å². The predicted molar refractivity (Wildman–Crippen MR) is 109 cm³/mol. The summed E-state index contributed by atoms with van der Waals surface area (Å²) < 4.78 is 17.9. The number of hydrogen-bond donors (Lipinski definition) is 1. The standard InChI is InChI=1S/C21H21N3O5/c1-23-14-10-19(28-4)18(27-3)8-12(14)7-16(23)21(26)22-13-5-6-17-15(9-13)24(2)20(25)11-29-17/h5-10H,11H2,1-4H3,(H,22,26). The van der Waals surface area contributed by atoms with Gasteiger partial charge in [-0.05, 0) is 30.3 Å². The Kier molecular flexibility index (Phi) is 4.54. The Morgan fingerprint density at radius 3 is 2.52 bits per heavy atom. The van der Waals surface area contributed by atoms with Gasteiger partial charge in [-0.15, -0.1) is 0 Å². The summed E-state index contributed by atoms with van der Waals surface area (Å²) >= 11 is 0. The highest BCUT2D eigenvalue weighted by Gasteiger charge is 2.23. The zero-order valence-electron chi connectivity index (χ0n) is 16.6. The maximum Gasteiger partial charge on any atom is 0.272 e. The second-order valence-electron chi connectivity index (χ2n) is 6.73. The van der Waals surface area contributed by atoms with Crippen molar-refractivity contribution in [3.8, 4) is 17.2 Å². The Labute approximate surface area is 167 Å². The summed E-state index contributed by atoms with van der Waals surface area (Å²) in [7, 11) is 6.64. The number of nitrogens with zero attached hydrogens (tertiary/aromatic N) is 2. The number of hydrogen-bond acceptors (Lipinski definition) is 5. The highest BCUT2D eigenvalue weighted by Crippen LogP contribution is 2.35. The smallest absolute Gasteiger partial charge is 0.272 e. The number of aryl methyl sites for hydroxylation is 1. The monoisotopic (exact) mass is 395 g/mol. The Morgan fingerprint density at radius 2 is 1.79 bits per heavy atom. The number of ether oxygens (including phenoxy) is 3. The van der Waals surface area contributed by atoms with Gasteiger partial charge in [0, 0.05) is 31.2 Å². The first kappa shape index (κ1) is 18.7. The van der Waals surface area contributed by atoms with Crippen molar-refractivity contribution in [1.29, 1.82) is 0 Å². The molecule has 0 bridgehead atoms. The molecule has 0 fully saturated rings. The lowest BCUT2D eigenvalue weighted by Crippen LogP contribution is -2.35. The van der Waals surface area contributed by atoms with Crippen LogP contribution in [0.5, 0.6) is 17.2 Å². The van der Waals surface area contributed by atoms with Gasteiger partial charge >= 0.3 is 0 Å². The van der Waals surface area contributed by atoms with E-state index in [0.29, 0.717) is 34.3 Å². The van der Waals surface area contributed by atoms with Crippen LogP contribution in [0.1, 0.15) is 10.5 Å². The SMILES string of the molecule is COc1cc2cc(C(=O)Nc3ccc4c(c3)N(C)C(=O)CO4)n(C)c2cc1OC. The van der Waals surface area contributed by atoms with Crippen molar-refractivity contribution < 1.29 is 23.8 Å². The van der Waals surface area contributed by atoms with E-state index in [1.165, 1.54) is 4.90 Å². The second-order valence-corrected chi connectivity index (χ2v) is 6.73. The predicted octanol–water partition coefficient (Wildman–Crippen LogP) is 2.80. The van der Waals surface area contributed by atoms with Gasteiger partial charge in [-0.2, -0.15) is 0 Å². The van der Waals surface area contributed by atoms with E-state index in [0.717, 1.165) is 10.9 Å². The van der Waals surface area contributed by atoms with Gasteiger partial charge in [0.15, 0.2) is 18.1 Å². The number of benzene rings is 2. The number of amides is 2. The molecule has 1 aliphatic rings. The first-order valence-corrected chi connectivity index (χ1v) is 8.99. The van der Waals surface area contributed by atoms with Crippen molar-refractivity contribution in [2.24, 2.45) is 7.05 Å². The lowest BCUT2D eigenvalue weighted by molar-refractivity contribution is -0.120. The number of fused-ring (bicyclic) bond motifs is 2. The van der Waals surface area contributed by atoms with E-state index in [9.17, 15) is 9.59 Å². The number of carbonyl (C=O) groups is 2. The molecule has 0 atom stereocenters. The molecule has 0 saturated carbocycles. The second kappa shape index (κ2) is 7.05. The molecule has 4 rings (SSSR count). The van der Waals surface area contributed by atoms with E-state index in [4.69, 9.17) is 14.2 Å². The van der Waals surface area contributed by atoms with Crippen LogP contribution in [-0.2, 0) is 11.8 Å². The van der Waals surface area contributed by atoms with Crippen molar-refractivity contribution in [2.75, 3.05) is 38.1 Å². The Bertz CT molecular complexity index is 1140. The minimum atomic E-state index is -0.271. The molecular formula is C21H21N3O5. The van der Waals surface area contributed by atoms with E-state index >= 15 is 0 Å². The lowest BCUT2D eigenvalue weighted by Gasteiger charge is -2.26.